The molecule has 0 saturated heterocycles. The number of carbonyl (C=O) groups excluding carboxylic acids is 5. The largest absolute Gasteiger partial charge is 0.481 e. The number of nitrogens with two attached hydrogens (primary N) is 2. The van der Waals surface area contributed by atoms with Crippen LogP contribution in [0.1, 0.15) is 78.2 Å². The van der Waals surface area contributed by atoms with Crippen molar-refractivity contribution in [1.29, 1.82) is 0 Å². The number of aliphatic carboxylic acids is 2. The average molecular weight is 745 g/mol. The van der Waals surface area contributed by atoms with E-state index in [9.17, 15) is 43.8 Å². The number of benzene rings is 1. The first-order valence-electron chi connectivity index (χ1n) is 18.0. The maximum atomic E-state index is 13.7. The summed E-state index contributed by atoms with van der Waals surface area (Å²) >= 11 is 0. The van der Waals surface area contributed by atoms with Crippen molar-refractivity contribution in [3.63, 3.8) is 0 Å². The summed E-state index contributed by atoms with van der Waals surface area (Å²) in [6, 6.07) is 1.37. The highest BCUT2D eigenvalue weighted by molar-refractivity contribution is 5.96. The molecule has 2 rings (SSSR count). The molecule has 6 atom stereocenters. The molecule has 0 saturated carbocycles. The van der Waals surface area contributed by atoms with Crippen LogP contribution in [-0.4, -0.2) is 100.0 Å². The molecule has 1 aromatic heterocycles. The normalized spacial score (nSPS) is 14.6. The molecule has 0 aliphatic rings. The van der Waals surface area contributed by atoms with Crippen LogP contribution in [0, 0.1) is 11.8 Å². The van der Waals surface area contributed by atoms with E-state index in [0.29, 0.717) is 31.4 Å². The number of hydrogen-bond acceptors (Lipinski definition) is 9. The second kappa shape index (κ2) is 22.1. The van der Waals surface area contributed by atoms with Crippen molar-refractivity contribution in [2.24, 2.45) is 23.3 Å². The number of nitrogens with one attached hydrogen (secondary N) is 6. The third kappa shape index (κ3) is 14.9. The van der Waals surface area contributed by atoms with Gasteiger partial charge in [-0.3, -0.25) is 28.8 Å². The molecular weight excluding hydrogens is 688 g/mol. The predicted molar refractivity (Wildman–Crippen MR) is 197 cm³/mol. The number of para-hydroxylation sites is 1. The van der Waals surface area contributed by atoms with Crippen LogP contribution in [-0.2, 0) is 40.0 Å². The standard InChI is InChI=1S/C36H56N8O9/c1-5-21(4)31(38)35(51)42-25(12-8-9-15-37)32(48)40-19-29(45)41-26(13-14-30(46)47)33(49)43-27(34(50)44-28(36(52)53)16-20(2)3)17-22-18-39-24-11-7-6-10-23(22)24/h6-7,10-11,18,20-21,25-28,31,39H,5,8-9,12-17,19,37-38H2,1-4H3,(H,40,48)(H,41,45)(H,42,51)(H,43,49)(H,44,50)(H,46,47)(H,52,53)/t21-,25-,26-,27-,28-,31-/m0/s1. The van der Waals surface area contributed by atoms with Crippen molar-refractivity contribution in [1.82, 2.24) is 31.6 Å². The van der Waals surface area contributed by atoms with Gasteiger partial charge in [0.05, 0.1) is 12.6 Å². The number of carboxylic acids is 2. The summed E-state index contributed by atoms with van der Waals surface area (Å²) < 4.78 is 0. The van der Waals surface area contributed by atoms with Crippen LogP contribution in [0.3, 0.4) is 0 Å². The van der Waals surface area contributed by atoms with Crippen LogP contribution >= 0.6 is 0 Å². The van der Waals surface area contributed by atoms with Crippen molar-refractivity contribution >= 4 is 52.4 Å². The minimum atomic E-state index is -1.45. The van der Waals surface area contributed by atoms with Gasteiger partial charge in [-0.1, -0.05) is 52.3 Å². The molecular formula is C36H56N8O9. The Labute approximate surface area is 309 Å². The topological polar surface area (TPSA) is 288 Å². The number of carboxylic acid groups (broad SMARTS) is 2. The maximum absolute atomic E-state index is 13.7. The van der Waals surface area contributed by atoms with Crippen molar-refractivity contribution in [2.75, 3.05) is 13.1 Å². The van der Waals surface area contributed by atoms with Gasteiger partial charge < -0.3 is 53.2 Å². The Morgan fingerprint density at radius 3 is 2.04 bits per heavy atom. The van der Waals surface area contributed by atoms with E-state index < -0.39 is 84.6 Å². The van der Waals surface area contributed by atoms with Gasteiger partial charge in [0.2, 0.25) is 29.5 Å². The van der Waals surface area contributed by atoms with Crippen LogP contribution in [0.15, 0.2) is 30.5 Å². The SMILES string of the molecule is CC[C@H](C)[C@H](N)C(=O)N[C@@H](CCCCN)C(=O)NCC(=O)N[C@@H](CCC(=O)O)C(=O)N[C@@H](Cc1c[nH]c2ccccc12)C(=O)N[C@@H](CC(C)C)C(=O)O. The van der Waals surface area contributed by atoms with Gasteiger partial charge in [-0.2, -0.15) is 0 Å². The highest BCUT2D eigenvalue weighted by atomic mass is 16.4. The van der Waals surface area contributed by atoms with Gasteiger partial charge in [0, 0.05) is 29.9 Å². The lowest BCUT2D eigenvalue weighted by Gasteiger charge is -2.25. The fraction of sp³-hybridized carbons (Fsp3) is 0.583. The lowest BCUT2D eigenvalue weighted by atomic mass is 9.98. The molecule has 1 aromatic carbocycles. The number of rotatable bonds is 24. The number of carbonyl (C=O) groups is 7. The van der Waals surface area contributed by atoms with Gasteiger partial charge in [-0.25, -0.2) is 4.79 Å². The summed E-state index contributed by atoms with van der Waals surface area (Å²) in [7, 11) is 0. The molecule has 5 amide bonds. The van der Waals surface area contributed by atoms with Gasteiger partial charge in [0.25, 0.3) is 0 Å². The number of unbranched alkanes of at least 4 members (excludes halogenated alkanes) is 1. The van der Waals surface area contributed by atoms with E-state index in [2.05, 4.69) is 31.6 Å². The molecule has 0 radical (unpaired) electrons. The number of amides is 5. The first-order valence-corrected chi connectivity index (χ1v) is 18.0. The molecule has 17 nitrogen and oxygen atoms in total. The lowest BCUT2D eigenvalue weighted by molar-refractivity contribution is -0.142. The quantitative estimate of drug-likeness (QED) is 0.0651. The van der Waals surface area contributed by atoms with Crippen molar-refractivity contribution in [3.8, 4) is 0 Å². The van der Waals surface area contributed by atoms with Gasteiger partial charge >= 0.3 is 11.9 Å². The molecule has 53 heavy (non-hydrogen) atoms. The molecule has 0 spiro atoms. The summed E-state index contributed by atoms with van der Waals surface area (Å²) in [4.78, 5) is 92.7. The van der Waals surface area contributed by atoms with E-state index in [-0.39, 0.29) is 37.5 Å². The summed E-state index contributed by atoms with van der Waals surface area (Å²) in [6.45, 7) is 7.04. The lowest BCUT2D eigenvalue weighted by Crippen LogP contribution is -2.57. The molecule has 294 valence electrons. The molecule has 0 bridgehead atoms. The number of H-pyrrole nitrogens is 1. The zero-order valence-electron chi connectivity index (χ0n) is 30.9. The first-order chi connectivity index (χ1) is 25.1. The van der Waals surface area contributed by atoms with E-state index in [0.717, 1.165) is 10.9 Å². The number of hydrogen-bond donors (Lipinski definition) is 10. The zero-order chi connectivity index (χ0) is 39.7. The van der Waals surface area contributed by atoms with Gasteiger partial charge in [0.1, 0.15) is 24.2 Å². The second-order valence-corrected chi connectivity index (χ2v) is 13.7. The molecule has 0 aliphatic heterocycles. The van der Waals surface area contributed by atoms with E-state index in [1.807, 2.05) is 32.0 Å². The number of fused-ring (bicyclic) bond motifs is 1. The van der Waals surface area contributed by atoms with Crippen molar-refractivity contribution in [3.05, 3.63) is 36.0 Å². The predicted octanol–water partition coefficient (Wildman–Crippen LogP) is 0.264. The Morgan fingerprint density at radius 1 is 0.792 bits per heavy atom. The first kappa shape index (κ1) is 44.1. The Bertz CT molecular complexity index is 1560. The van der Waals surface area contributed by atoms with E-state index in [1.165, 1.54) is 0 Å². The van der Waals surface area contributed by atoms with Crippen LogP contribution in [0.2, 0.25) is 0 Å². The monoisotopic (exact) mass is 744 g/mol. The highest BCUT2D eigenvalue weighted by Crippen LogP contribution is 2.20. The smallest absolute Gasteiger partial charge is 0.326 e. The van der Waals surface area contributed by atoms with Crippen molar-refractivity contribution < 1.29 is 43.8 Å². The van der Waals surface area contributed by atoms with E-state index in [1.54, 1.807) is 26.1 Å². The van der Waals surface area contributed by atoms with Crippen LogP contribution in [0.5, 0.6) is 0 Å². The fourth-order valence-electron chi connectivity index (χ4n) is 5.58. The Balaban J connectivity index is 2.25. The molecule has 0 unspecified atom stereocenters. The summed E-state index contributed by atoms with van der Waals surface area (Å²) in [5, 5.41) is 32.5. The third-order valence-corrected chi connectivity index (χ3v) is 8.92. The molecule has 0 fully saturated rings. The van der Waals surface area contributed by atoms with Gasteiger partial charge in [0.15, 0.2) is 0 Å². The summed E-state index contributed by atoms with van der Waals surface area (Å²) in [5.74, 6) is -6.43. The van der Waals surface area contributed by atoms with E-state index >= 15 is 0 Å². The molecule has 17 heteroatoms. The van der Waals surface area contributed by atoms with E-state index in [4.69, 9.17) is 11.5 Å². The van der Waals surface area contributed by atoms with Crippen LogP contribution in [0.25, 0.3) is 10.9 Å². The summed E-state index contributed by atoms with van der Waals surface area (Å²) in [5.41, 5.74) is 13.0. The molecule has 12 N–H and O–H groups in total. The Hall–Kier alpha value is -5.03. The second-order valence-electron chi connectivity index (χ2n) is 13.7. The average Bonchev–Trinajstić information content (AvgIpc) is 3.52. The molecule has 2 aromatic rings. The minimum Gasteiger partial charge on any atom is -0.481 e. The van der Waals surface area contributed by atoms with Crippen LogP contribution in [0.4, 0.5) is 0 Å². The van der Waals surface area contributed by atoms with Crippen LogP contribution < -0.4 is 38.1 Å². The van der Waals surface area contributed by atoms with Gasteiger partial charge in [-0.15, -0.1) is 0 Å². The number of aromatic nitrogens is 1. The minimum absolute atomic E-state index is 0.0663. The summed E-state index contributed by atoms with van der Waals surface area (Å²) in [6.07, 6.45) is 2.81. The fourth-order valence-corrected chi connectivity index (χ4v) is 5.58. The molecule has 1 heterocycles. The Morgan fingerprint density at radius 2 is 1.42 bits per heavy atom. The van der Waals surface area contributed by atoms with Crippen molar-refractivity contribution in [2.45, 2.75) is 109 Å². The zero-order valence-corrected chi connectivity index (χ0v) is 30.9. The van der Waals surface area contributed by atoms with Gasteiger partial charge in [-0.05, 0) is 62.1 Å². The maximum Gasteiger partial charge on any atom is 0.326 e. The molecule has 0 aliphatic carbocycles. The number of aromatic amines is 1. The highest BCUT2D eigenvalue weighted by Gasteiger charge is 2.32. The third-order valence-electron chi connectivity index (χ3n) is 8.92. The Kier molecular flexibility index (Phi) is 18.4.